The summed E-state index contributed by atoms with van der Waals surface area (Å²) in [6.07, 6.45) is 18.3. The quantitative estimate of drug-likeness (QED) is 0.416. The second-order valence-electron chi connectivity index (χ2n) is 12.7. The first-order chi connectivity index (χ1) is 16.3. The Kier molecular flexibility index (Phi) is 9.40. The van der Waals surface area contributed by atoms with Crippen LogP contribution in [0.3, 0.4) is 0 Å². The fourth-order valence-electron chi connectivity index (χ4n) is 7.25. The van der Waals surface area contributed by atoms with E-state index in [2.05, 4.69) is 67.5 Å². The van der Waals surface area contributed by atoms with Crippen molar-refractivity contribution in [2.75, 3.05) is 39.3 Å². The van der Waals surface area contributed by atoms with E-state index in [1.807, 2.05) is 0 Å². The van der Waals surface area contributed by atoms with Crippen LogP contribution in [0.25, 0.3) is 0 Å². The number of rotatable bonds is 8. The third kappa shape index (κ3) is 6.99. The number of allylic oxidation sites excluding steroid dienone is 5. The molecule has 0 bridgehead atoms. The number of hydrogen-bond acceptors (Lipinski definition) is 3. The van der Waals surface area contributed by atoms with E-state index in [1.165, 1.54) is 71.2 Å². The van der Waals surface area contributed by atoms with Gasteiger partial charge in [-0.05, 0) is 99.6 Å². The highest BCUT2D eigenvalue weighted by Gasteiger charge is 2.40. The zero-order valence-electron chi connectivity index (χ0n) is 22.3. The first-order valence-corrected chi connectivity index (χ1v) is 14.6. The highest BCUT2D eigenvalue weighted by molar-refractivity contribution is 6.29. The predicted molar refractivity (Wildman–Crippen MR) is 147 cm³/mol. The maximum Gasteiger partial charge on any atom is 0.0221 e. The van der Waals surface area contributed by atoms with Crippen molar-refractivity contribution in [1.29, 1.82) is 0 Å². The van der Waals surface area contributed by atoms with E-state index in [9.17, 15) is 0 Å². The summed E-state index contributed by atoms with van der Waals surface area (Å²) < 4.78 is 0. The molecule has 0 saturated carbocycles. The highest BCUT2D eigenvalue weighted by Crippen LogP contribution is 2.45. The number of piperidine rings is 2. The lowest BCUT2D eigenvalue weighted by Crippen LogP contribution is -2.53. The SMILES string of the molecule is CC(C)[C@H](CN1CC[C@H](C2CC=C(Cl)CC2)C(C)(C)C1)NCC1=CC=CC(C2CCNCC2)C1. The normalized spacial score (nSPS) is 31.9. The van der Waals surface area contributed by atoms with Crippen molar-refractivity contribution in [1.82, 2.24) is 15.5 Å². The molecule has 4 rings (SSSR count). The standard InChI is InChI=1S/C30H50ClN3/c1-22(2)29(33-19-23-6-5-7-26(18-23)24-12-15-32-16-13-24)20-34-17-14-28(30(3,4)21-34)25-8-10-27(31)11-9-25/h5-7,10,22,24-26,28-29,32-33H,8-9,11-21H2,1-4H3/t25?,26?,28-,29+/m1/s1. The lowest BCUT2D eigenvalue weighted by Gasteiger charge is -2.49. The first kappa shape index (κ1) is 26.5. The Balaban J connectivity index is 1.27. The molecule has 0 amide bonds. The van der Waals surface area contributed by atoms with Gasteiger partial charge < -0.3 is 15.5 Å². The molecule has 0 aromatic rings. The van der Waals surface area contributed by atoms with Gasteiger partial charge >= 0.3 is 0 Å². The fourth-order valence-corrected chi connectivity index (χ4v) is 7.45. The van der Waals surface area contributed by atoms with Crippen LogP contribution in [0.5, 0.6) is 0 Å². The van der Waals surface area contributed by atoms with Crippen molar-refractivity contribution in [2.45, 2.75) is 78.7 Å². The molecule has 2 saturated heterocycles. The fraction of sp³-hybridized carbons (Fsp3) is 0.800. The van der Waals surface area contributed by atoms with Crippen molar-refractivity contribution in [2.24, 2.45) is 35.0 Å². The van der Waals surface area contributed by atoms with Crippen molar-refractivity contribution in [3.63, 3.8) is 0 Å². The summed E-state index contributed by atoms with van der Waals surface area (Å²) in [5, 5.41) is 8.60. The minimum Gasteiger partial charge on any atom is -0.317 e. The second-order valence-corrected chi connectivity index (χ2v) is 13.2. The summed E-state index contributed by atoms with van der Waals surface area (Å²) in [6, 6.07) is 0.549. The van der Waals surface area contributed by atoms with Crippen molar-refractivity contribution in [3.8, 4) is 0 Å². The summed E-state index contributed by atoms with van der Waals surface area (Å²) in [5.41, 5.74) is 1.97. The van der Waals surface area contributed by atoms with E-state index in [0.29, 0.717) is 17.4 Å². The van der Waals surface area contributed by atoms with Crippen molar-refractivity contribution < 1.29 is 0 Å². The Morgan fingerprint density at radius 1 is 1.15 bits per heavy atom. The molecule has 0 spiro atoms. The first-order valence-electron chi connectivity index (χ1n) is 14.2. The third-order valence-electron chi connectivity index (χ3n) is 9.38. The monoisotopic (exact) mass is 487 g/mol. The molecule has 2 unspecified atom stereocenters. The molecule has 2 aliphatic carbocycles. The van der Waals surface area contributed by atoms with Crippen LogP contribution >= 0.6 is 11.6 Å². The summed E-state index contributed by atoms with van der Waals surface area (Å²) >= 11 is 6.27. The average molecular weight is 488 g/mol. The molecule has 0 radical (unpaired) electrons. The number of nitrogens with zero attached hydrogens (tertiary/aromatic N) is 1. The van der Waals surface area contributed by atoms with Crippen LogP contribution in [0, 0.1) is 35.0 Å². The van der Waals surface area contributed by atoms with Gasteiger partial charge in [-0.3, -0.25) is 0 Å². The van der Waals surface area contributed by atoms with Gasteiger partial charge in [0.2, 0.25) is 0 Å². The summed E-state index contributed by atoms with van der Waals surface area (Å²) in [7, 11) is 0. The molecule has 2 aliphatic heterocycles. The number of halogens is 1. The number of nitrogens with one attached hydrogen (secondary N) is 2. The second kappa shape index (κ2) is 12.1. The summed E-state index contributed by atoms with van der Waals surface area (Å²) in [6.45, 7) is 16.9. The zero-order valence-corrected chi connectivity index (χ0v) is 23.0. The Labute approximate surface area is 214 Å². The van der Waals surface area contributed by atoms with Gasteiger partial charge in [-0.2, -0.15) is 0 Å². The molecule has 0 aromatic carbocycles. The summed E-state index contributed by atoms with van der Waals surface area (Å²) in [5.74, 6) is 3.89. The number of hydrogen-bond donors (Lipinski definition) is 2. The molecule has 2 N–H and O–H groups in total. The van der Waals surface area contributed by atoms with Crippen LogP contribution in [0.15, 0.2) is 34.9 Å². The van der Waals surface area contributed by atoms with E-state index in [0.717, 1.165) is 41.7 Å². The van der Waals surface area contributed by atoms with Crippen LogP contribution in [-0.4, -0.2) is 50.2 Å². The van der Waals surface area contributed by atoms with Crippen LogP contribution in [0.4, 0.5) is 0 Å². The van der Waals surface area contributed by atoms with Crippen LogP contribution < -0.4 is 10.6 Å². The van der Waals surface area contributed by atoms with E-state index in [4.69, 9.17) is 11.6 Å². The van der Waals surface area contributed by atoms with Gasteiger partial charge in [0.1, 0.15) is 0 Å². The Bertz CT molecular complexity index is 746. The third-order valence-corrected chi connectivity index (χ3v) is 9.73. The Hall–Kier alpha value is -0.610. The average Bonchev–Trinajstić information content (AvgIpc) is 2.82. The summed E-state index contributed by atoms with van der Waals surface area (Å²) in [4.78, 5) is 2.76. The predicted octanol–water partition coefficient (Wildman–Crippen LogP) is 6.37. The van der Waals surface area contributed by atoms with Gasteiger partial charge in [0.25, 0.3) is 0 Å². The molecule has 3 nitrogen and oxygen atoms in total. The van der Waals surface area contributed by atoms with Crippen molar-refractivity contribution in [3.05, 3.63) is 34.9 Å². The molecule has 4 heteroatoms. The van der Waals surface area contributed by atoms with Crippen molar-refractivity contribution >= 4 is 11.6 Å². The van der Waals surface area contributed by atoms with E-state index in [1.54, 1.807) is 5.57 Å². The molecule has 192 valence electrons. The van der Waals surface area contributed by atoms with Gasteiger partial charge in [-0.25, -0.2) is 0 Å². The molecule has 2 fully saturated rings. The highest BCUT2D eigenvalue weighted by atomic mass is 35.5. The van der Waals surface area contributed by atoms with Crippen LogP contribution in [0.2, 0.25) is 0 Å². The largest absolute Gasteiger partial charge is 0.317 e. The minimum absolute atomic E-state index is 0.376. The Morgan fingerprint density at radius 3 is 2.62 bits per heavy atom. The maximum atomic E-state index is 6.27. The van der Waals surface area contributed by atoms with E-state index in [-0.39, 0.29) is 0 Å². The van der Waals surface area contributed by atoms with Gasteiger partial charge in [0.15, 0.2) is 0 Å². The number of likely N-dealkylation sites (tertiary alicyclic amines) is 1. The van der Waals surface area contributed by atoms with Crippen LogP contribution in [0.1, 0.15) is 72.6 Å². The molecular weight excluding hydrogens is 438 g/mol. The molecule has 4 atom stereocenters. The van der Waals surface area contributed by atoms with E-state index < -0.39 is 0 Å². The Morgan fingerprint density at radius 2 is 1.94 bits per heavy atom. The lowest BCUT2D eigenvalue weighted by molar-refractivity contribution is 0.0120. The topological polar surface area (TPSA) is 27.3 Å². The van der Waals surface area contributed by atoms with Gasteiger partial charge in [0.05, 0.1) is 0 Å². The molecular formula is C30H50ClN3. The zero-order chi connectivity index (χ0) is 24.1. The minimum atomic E-state index is 0.376. The molecule has 2 heterocycles. The van der Waals surface area contributed by atoms with Gasteiger partial charge in [0, 0.05) is 30.7 Å². The van der Waals surface area contributed by atoms with E-state index >= 15 is 0 Å². The molecule has 34 heavy (non-hydrogen) atoms. The van der Waals surface area contributed by atoms with Gasteiger partial charge in [-0.1, -0.05) is 69.2 Å². The molecule has 4 aliphatic rings. The lowest BCUT2D eigenvalue weighted by atomic mass is 9.65. The smallest absolute Gasteiger partial charge is 0.0221 e. The maximum absolute atomic E-state index is 6.27. The van der Waals surface area contributed by atoms with Gasteiger partial charge in [-0.15, -0.1) is 0 Å². The molecule has 0 aromatic heterocycles. The van der Waals surface area contributed by atoms with Crippen LogP contribution in [-0.2, 0) is 0 Å².